The molecule has 0 amide bonds. The minimum Gasteiger partial charge on any atom is -0.497 e. The predicted octanol–water partition coefficient (Wildman–Crippen LogP) is 6.95. The lowest BCUT2D eigenvalue weighted by Gasteiger charge is -2.19. The Morgan fingerprint density at radius 2 is 1.69 bits per heavy atom. The van der Waals surface area contributed by atoms with Gasteiger partial charge >= 0.3 is 5.97 Å². The average molecular weight is 482 g/mol. The summed E-state index contributed by atoms with van der Waals surface area (Å²) in [6.07, 6.45) is 1.78. The van der Waals surface area contributed by atoms with Gasteiger partial charge in [-0.25, -0.2) is 4.79 Å². The van der Waals surface area contributed by atoms with Gasteiger partial charge < -0.3 is 14.4 Å². The molecule has 0 aliphatic heterocycles. The molecular formula is C31H31NO4. The molecule has 1 heterocycles. The molecule has 5 heteroatoms. The first kappa shape index (κ1) is 23.9. The van der Waals surface area contributed by atoms with Crippen LogP contribution < -0.4 is 4.74 Å². The van der Waals surface area contributed by atoms with Crippen LogP contribution in [0.25, 0.3) is 22.0 Å². The number of carbonyl (C=O) groups excluding carboxylic acids is 1. The van der Waals surface area contributed by atoms with E-state index in [-0.39, 0.29) is 22.8 Å². The molecule has 0 unspecified atom stereocenters. The van der Waals surface area contributed by atoms with Crippen LogP contribution in [0.3, 0.4) is 0 Å². The monoisotopic (exact) mass is 481 g/mol. The molecule has 1 aromatic heterocycles. The maximum Gasteiger partial charge on any atom is 0.353 e. The van der Waals surface area contributed by atoms with Gasteiger partial charge in [0.1, 0.15) is 11.4 Å². The number of fused-ring (bicyclic) bond motifs is 1. The van der Waals surface area contributed by atoms with Gasteiger partial charge in [0.05, 0.1) is 12.6 Å². The van der Waals surface area contributed by atoms with Crippen LogP contribution >= 0.6 is 0 Å². The number of aromatic nitrogens is 1. The Hall–Kier alpha value is -3.86. The number of ketones is 1. The van der Waals surface area contributed by atoms with Gasteiger partial charge in [-0.2, -0.15) is 0 Å². The van der Waals surface area contributed by atoms with Crippen LogP contribution in [-0.4, -0.2) is 28.5 Å². The number of hydrogen-bond acceptors (Lipinski definition) is 3. The van der Waals surface area contributed by atoms with Gasteiger partial charge in [-0.3, -0.25) is 4.79 Å². The first-order valence-corrected chi connectivity index (χ1v) is 12.4. The third-order valence-electron chi connectivity index (χ3n) is 7.01. The first-order chi connectivity index (χ1) is 17.2. The van der Waals surface area contributed by atoms with E-state index in [9.17, 15) is 14.7 Å². The average Bonchev–Trinajstić information content (AvgIpc) is 3.65. The zero-order chi connectivity index (χ0) is 25.6. The number of aromatic carboxylic acids is 1. The summed E-state index contributed by atoms with van der Waals surface area (Å²) in [5.41, 5.74) is 5.00. The van der Waals surface area contributed by atoms with Crippen molar-refractivity contribution in [3.63, 3.8) is 0 Å². The molecular weight excluding hydrogens is 450 g/mol. The SMILES string of the molecule is COc1cccc(Cn2c(C(=O)O)c(-c3ccc(C(C)(C)C)cc3)c3cccc(C(=O)C4CC4)c32)c1. The zero-order valence-electron chi connectivity index (χ0n) is 21.2. The Bertz CT molecular complexity index is 1470. The molecule has 1 fully saturated rings. The summed E-state index contributed by atoms with van der Waals surface area (Å²) in [6.45, 7) is 6.77. The van der Waals surface area contributed by atoms with E-state index in [4.69, 9.17) is 4.74 Å². The van der Waals surface area contributed by atoms with Gasteiger partial charge in [0.2, 0.25) is 0 Å². The maximum absolute atomic E-state index is 13.3. The molecule has 1 N–H and O–H groups in total. The van der Waals surface area contributed by atoms with Gasteiger partial charge in [0, 0.05) is 29.0 Å². The molecule has 0 radical (unpaired) electrons. The Balaban J connectivity index is 1.78. The van der Waals surface area contributed by atoms with Crippen LogP contribution in [0.5, 0.6) is 5.75 Å². The summed E-state index contributed by atoms with van der Waals surface area (Å²) in [6, 6.07) is 21.3. The van der Waals surface area contributed by atoms with Crippen molar-refractivity contribution in [2.24, 2.45) is 5.92 Å². The van der Waals surface area contributed by atoms with Crippen LogP contribution in [0.4, 0.5) is 0 Å². The van der Waals surface area contributed by atoms with Crippen LogP contribution in [0.15, 0.2) is 66.7 Å². The summed E-state index contributed by atoms with van der Waals surface area (Å²) in [5.74, 6) is -0.197. The van der Waals surface area contributed by atoms with Crippen molar-refractivity contribution in [1.82, 2.24) is 4.57 Å². The molecule has 0 saturated heterocycles. The summed E-state index contributed by atoms with van der Waals surface area (Å²) >= 11 is 0. The highest BCUT2D eigenvalue weighted by atomic mass is 16.5. The number of rotatable bonds is 7. The number of carbonyl (C=O) groups is 2. The van der Waals surface area contributed by atoms with E-state index in [0.717, 1.165) is 29.4 Å². The zero-order valence-corrected chi connectivity index (χ0v) is 21.2. The molecule has 0 atom stereocenters. The van der Waals surface area contributed by atoms with E-state index in [1.807, 2.05) is 54.6 Å². The number of para-hydroxylation sites is 1. The van der Waals surface area contributed by atoms with Crippen LogP contribution in [0.2, 0.25) is 0 Å². The van der Waals surface area contributed by atoms with E-state index >= 15 is 0 Å². The van der Waals surface area contributed by atoms with E-state index in [2.05, 4.69) is 32.9 Å². The third-order valence-corrected chi connectivity index (χ3v) is 7.01. The molecule has 4 aromatic rings. The van der Waals surface area contributed by atoms with E-state index in [0.29, 0.717) is 28.9 Å². The number of methoxy groups -OCH3 is 1. The Kier molecular flexibility index (Phi) is 5.95. The lowest BCUT2D eigenvalue weighted by molar-refractivity contribution is 0.0686. The molecule has 184 valence electrons. The third kappa shape index (κ3) is 4.30. The normalized spacial score (nSPS) is 13.7. The van der Waals surface area contributed by atoms with Crippen molar-refractivity contribution >= 4 is 22.7 Å². The minimum absolute atomic E-state index is 0.0155. The second-order valence-electron chi connectivity index (χ2n) is 10.6. The fourth-order valence-electron chi connectivity index (χ4n) is 4.94. The van der Waals surface area contributed by atoms with Crippen molar-refractivity contribution < 1.29 is 19.4 Å². The second-order valence-corrected chi connectivity index (χ2v) is 10.6. The van der Waals surface area contributed by atoms with Gasteiger partial charge in [0.25, 0.3) is 0 Å². The van der Waals surface area contributed by atoms with Crippen LogP contribution in [-0.2, 0) is 12.0 Å². The Morgan fingerprint density at radius 1 is 1.00 bits per heavy atom. The lowest BCUT2D eigenvalue weighted by atomic mass is 9.86. The Morgan fingerprint density at radius 3 is 2.31 bits per heavy atom. The number of hydrogen-bond donors (Lipinski definition) is 1. The second kappa shape index (κ2) is 8.98. The van der Waals surface area contributed by atoms with Crippen molar-refractivity contribution in [3.8, 4) is 16.9 Å². The molecule has 1 aliphatic carbocycles. The summed E-state index contributed by atoms with van der Waals surface area (Å²) in [7, 11) is 1.61. The first-order valence-electron chi connectivity index (χ1n) is 12.4. The van der Waals surface area contributed by atoms with Gasteiger partial charge in [0.15, 0.2) is 5.78 Å². The number of carboxylic acid groups (broad SMARTS) is 1. The highest BCUT2D eigenvalue weighted by Gasteiger charge is 2.34. The standard InChI is InChI=1S/C31H31NO4/c1-31(2,3)22-15-13-20(14-16-22)26-24-9-6-10-25(29(33)21-11-12-21)27(24)32(28(26)30(34)35)18-19-7-5-8-23(17-19)36-4/h5-10,13-17,21H,11-12,18H2,1-4H3,(H,34,35). The quantitative estimate of drug-likeness (QED) is 0.290. The topological polar surface area (TPSA) is 68.5 Å². The van der Waals surface area contributed by atoms with E-state index in [1.165, 1.54) is 5.56 Å². The molecule has 0 spiro atoms. The fraction of sp³-hybridized carbons (Fsp3) is 0.290. The summed E-state index contributed by atoms with van der Waals surface area (Å²) in [5, 5.41) is 11.3. The van der Waals surface area contributed by atoms with Crippen LogP contribution in [0, 0.1) is 5.92 Å². The molecule has 0 bridgehead atoms. The number of ether oxygens (including phenoxy) is 1. The van der Waals surface area contributed by atoms with Gasteiger partial charge in [-0.1, -0.05) is 69.3 Å². The summed E-state index contributed by atoms with van der Waals surface area (Å²) in [4.78, 5) is 26.1. The summed E-state index contributed by atoms with van der Waals surface area (Å²) < 4.78 is 7.19. The molecule has 36 heavy (non-hydrogen) atoms. The molecule has 5 rings (SSSR count). The Labute approximate surface area is 211 Å². The highest BCUT2D eigenvalue weighted by Crippen LogP contribution is 2.41. The smallest absolute Gasteiger partial charge is 0.353 e. The number of Topliss-reactive ketones (excluding diaryl/α,β-unsaturated/α-hetero) is 1. The highest BCUT2D eigenvalue weighted by molar-refractivity contribution is 6.16. The lowest BCUT2D eigenvalue weighted by Crippen LogP contribution is -2.13. The number of benzene rings is 3. The number of carboxylic acids is 1. The van der Waals surface area contributed by atoms with Gasteiger partial charge in [-0.05, 0) is 53.1 Å². The maximum atomic E-state index is 13.3. The van der Waals surface area contributed by atoms with Crippen LogP contribution in [0.1, 0.15) is 65.6 Å². The van der Waals surface area contributed by atoms with E-state index in [1.54, 1.807) is 11.7 Å². The molecule has 3 aromatic carbocycles. The minimum atomic E-state index is -1.02. The molecule has 1 saturated carbocycles. The molecule has 1 aliphatic rings. The van der Waals surface area contributed by atoms with Crippen molar-refractivity contribution in [3.05, 3.63) is 89.1 Å². The van der Waals surface area contributed by atoms with Crippen molar-refractivity contribution in [2.75, 3.05) is 7.11 Å². The molecule has 5 nitrogen and oxygen atoms in total. The van der Waals surface area contributed by atoms with E-state index < -0.39 is 5.97 Å². The van der Waals surface area contributed by atoms with Crippen molar-refractivity contribution in [1.29, 1.82) is 0 Å². The van der Waals surface area contributed by atoms with Crippen molar-refractivity contribution in [2.45, 2.75) is 45.6 Å². The number of nitrogens with zero attached hydrogens (tertiary/aromatic N) is 1. The predicted molar refractivity (Wildman–Crippen MR) is 142 cm³/mol. The largest absolute Gasteiger partial charge is 0.497 e. The van der Waals surface area contributed by atoms with Gasteiger partial charge in [-0.15, -0.1) is 0 Å². The fourth-order valence-corrected chi connectivity index (χ4v) is 4.94.